The van der Waals surface area contributed by atoms with E-state index in [4.69, 9.17) is 22.4 Å². The summed E-state index contributed by atoms with van der Waals surface area (Å²) in [5, 5.41) is 7.87. The van der Waals surface area contributed by atoms with Gasteiger partial charge in [-0.3, -0.25) is 4.79 Å². The second-order valence-corrected chi connectivity index (χ2v) is 2.19. The average molecular weight is 168 g/mol. The minimum absolute atomic E-state index is 0.731. The molecule has 62 valence electrons. The Balaban J connectivity index is 0. The highest BCUT2D eigenvalue weighted by Gasteiger charge is 1.99. The smallest absolute Gasteiger partial charge is 0.320 e. The van der Waals surface area contributed by atoms with Crippen molar-refractivity contribution in [1.29, 1.82) is 0 Å². The van der Waals surface area contributed by atoms with Crippen LogP contribution in [0.25, 0.3) is 0 Å². The Bertz CT molecular complexity index is 83.8. The van der Waals surface area contributed by atoms with Crippen LogP contribution in [0.1, 0.15) is 20.3 Å². The molecular formula is C6H14ClNO2. The van der Waals surface area contributed by atoms with Gasteiger partial charge in [-0.15, -0.1) is 11.6 Å². The van der Waals surface area contributed by atoms with E-state index in [1.165, 1.54) is 6.92 Å². The van der Waals surface area contributed by atoms with Crippen molar-refractivity contribution in [2.24, 2.45) is 5.73 Å². The molecule has 3 nitrogen and oxygen atoms in total. The number of aliphatic carboxylic acids is 1. The summed E-state index contributed by atoms with van der Waals surface area (Å²) in [5.41, 5.74) is 4.84. The van der Waals surface area contributed by atoms with Crippen molar-refractivity contribution in [2.75, 3.05) is 5.88 Å². The summed E-state index contributed by atoms with van der Waals surface area (Å²) in [6.45, 7) is 3.47. The first-order valence-corrected chi connectivity index (χ1v) is 3.64. The maximum Gasteiger partial charge on any atom is 0.320 e. The van der Waals surface area contributed by atoms with Gasteiger partial charge < -0.3 is 10.8 Å². The van der Waals surface area contributed by atoms with Crippen molar-refractivity contribution in [2.45, 2.75) is 26.3 Å². The summed E-state index contributed by atoms with van der Waals surface area (Å²) < 4.78 is 0. The molecule has 3 N–H and O–H groups in total. The maximum atomic E-state index is 9.57. The monoisotopic (exact) mass is 167 g/mol. The zero-order valence-electron chi connectivity index (χ0n) is 6.30. The summed E-state index contributed by atoms with van der Waals surface area (Å²) in [6.07, 6.45) is 1.08. The van der Waals surface area contributed by atoms with E-state index in [0.29, 0.717) is 0 Å². The number of hydrogen-bond donors (Lipinski definition) is 2. The molecule has 0 rings (SSSR count). The normalized spacial score (nSPS) is 11.2. The van der Waals surface area contributed by atoms with Crippen molar-refractivity contribution in [1.82, 2.24) is 0 Å². The van der Waals surface area contributed by atoms with E-state index in [1.807, 2.05) is 6.92 Å². The van der Waals surface area contributed by atoms with Gasteiger partial charge >= 0.3 is 5.97 Å². The predicted molar refractivity (Wildman–Crippen MR) is 42.3 cm³/mol. The lowest BCUT2D eigenvalue weighted by molar-refractivity contribution is -0.138. The van der Waals surface area contributed by atoms with Crippen LogP contribution in [0.5, 0.6) is 0 Å². The van der Waals surface area contributed by atoms with Crippen LogP contribution in [0.15, 0.2) is 0 Å². The minimum Gasteiger partial charge on any atom is -0.480 e. The lowest BCUT2D eigenvalue weighted by Gasteiger charge is -1.90. The fourth-order valence-electron chi connectivity index (χ4n) is 0. The summed E-state index contributed by atoms with van der Waals surface area (Å²) in [5.74, 6) is -0.171. The first-order valence-electron chi connectivity index (χ1n) is 3.10. The highest BCUT2D eigenvalue weighted by atomic mass is 35.5. The minimum atomic E-state index is -0.963. The number of rotatable bonds is 2. The number of carboxylic acid groups (broad SMARTS) is 1. The molecular weight excluding hydrogens is 154 g/mol. The number of carbonyl (C=O) groups is 1. The Morgan fingerprint density at radius 2 is 2.00 bits per heavy atom. The van der Waals surface area contributed by atoms with Gasteiger partial charge in [-0.1, -0.05) is 6.92 Å². The molecule has 0 saturated carbocycles. The van der Waals surface area contributed by atoms with Gasteiger partial charge in [-0.25, -0.2) is 0 Å². The van der Waals surface area contributed by atoms with Crippen LogP contribution in [0, 0.1) is 0 Å². The van der Waals surface area contributed by atoms with Crippen molar-refractivity contribution in [3.8, 4) is 0 Å². The largest absolute Gasteiger partial charge is 0.480 e. The van der Waals surface area contributed by atoms with E-state index < -0.39 is 12.0 Å². The highest BCUT2D eigenvalue weighted by Crippen LogP contribution is 1.75. The van der Waals surface area contributed by atoms with Crippen LogP contribution in [-0.2, 0) is 4.79 Å². The van der Waals surface area contributed by atoms with Crippen molar-refractivity contribution in [3.63, 3.8) is 0 Å². The lowest BCUT2D eigenvalue weighted by Crippen LogP contribution is -2.25. The number of alkyl halides is 1. The van der Waals surface area contributed by atoms with E-state index in [0.717, 1.165) is 12.3 Å². The molecule has 0 aliphatic carbocycles. The van der Waals surface area contributed by atoms with E-state index in [1.54, 1.807) is 0 Å². The molecule has 0 spiro atoms. The molecule has 0 radical (unpaired) electrons. The number of carboxylic acids is 1. The molecule has 0 fully saturated rings. The predicted octanol–water partition coefficient (Wildman–Crippen LogP) is 1.05. The second kappa shape index (κ2) is 8.72. The van der Waals surface area contributed by atoms with Gasteiger partial charge in [0.25, 0.3) is 0 Å². The highest BCUT2D eigenvalue weighted by molar-refractivity contribution is 6.17. The summed E-state index contributed by atoms with van der Waals surface area (Å²) >= 11 is 5.19. The quantitative estimate of drug-likeness (QED) is 0.605. The third-order valence-corrected chi connectivity index (χ3v) is 0.956. The molecule has 0 heterocycles. The van der Waals surface area contributed by atoms with Crippen LogP contribution in [0.3, 0.4) is 0 Å². The third kappa shape index (κ3) is 15.6. The van der Waals surface area contributed by atoms with Crippen LogP contribution >= 0.6 is 11.6 Å². The molecule has 1 atom stereocenters. The Morgan fingerprint density at radius 3 is 2.00 bits per heavy atom. The van der Waals surface area contributed by atoms with Crippen LogP contribution in [-0.4, -0.2) is 23.0 Å². The summed E-state index contributed by atoms with van der Waals surface area (Å²) in [4.78, 5) is 9.57. The SMILES string of the molecule is CC(N)C(=O)O.CCCCl. The van der Waals surface area contributed by atoms with Crippen LogP contribution < -0.4 is 5.73 Å². The number of halogens is 1. The third-order valence-electron chi connectivity index (χ3n) is 0.579. The van der Waals surface area contributed by atoms with Gasteiger partial charge in [0.1, 0.15) is 6.04 Å². The first-order chi connectivity index (χ1) is 4.56. The van der Waals surface area contributed by atoms with Crippen LogP contribution in [0.4, 0.5) is 0 Å². The average Bonchev–Trinajstić information content (AvgIpc) is 1.89. The zero-order valence-corrected chi connectivity index (χ0v) is 7.06. The van der Waals surface area contributed by atoms with E-state index >= 15 is 0 Å². The van der Waals surface area contributed by atoms with Gasteiger partial charge in [-0.05, 0) is 13.3 Å². The molecule has 1 unspecified atom stereocenters. The Labute approximate surface area is 66.2 Å². The molecule has 0 saturated heterocycles. The van der Waals surface area contributed by atoms with Crippen molar-refractivity contribution >= 4 is 17.6 Å². The zero-order chi connectivity index (χ0) is 8.57. The first kappa shape index (κ1) is 12.4. The Hall–Kier alpha value is -0.280. The number of hydrogen-bond acceptors (Lipinski definition) is 2. The van der Waals surface area contributed by atoms with Gasteiger partial charge in [0.15, 0.2) is 0 Å². The molecule has 0 aliphatic rings. The summed E-state index contributed by atoms with van der Waals surface area (Å²) in [6, 6.07) is -0.731. The van der Waals surface area contributed by atoms with E-state index in [2.05, 4.69) is 0 Å². The second-order valence-electron chi connectivity index (χ2n) is 1.82. The molecule has 0 aliphatic heterocycles. The molecule has 10 heavy (non-hydrogen) atoms. The molecule has 0 aromatic rings. The standard InChI is InChI=1S/C3H7Cl.C3H7NO2/c1-2-3-4;1-2(4)3(5)6/h2-3H2,1H3;2H,4H2,1H3,(H,5,6). The van der Waals surface area contributed by atoms with E-state index in [-0.39, 0.29) is 0 Å². The fourth-order valence-corrected chi connectivity index (χ4v) is 0. The topological polar surface area (TPSA) is 63.3 Å². The maximum absolute atomic E-state index is 9.57. The van der Waals surface area contributed by atoms with Crippen LogP contribution in [0.2, 0.25) is 0 Å². The summed E-state index contributed by atoms with van der Waals surface area (Å²) in [7, 11) is 0. The molecule has 0 amide bonds. The van der Waals surface area contributed by atoms with Crippen molar-refractivity contribution in [3.05, 3.63) is 0 Å². The van der Waals surface area contributed by atoms with Gasteiger partial charge in [-0.2, -0.15) is 0 Å². The number of nitrogens with two attached hydrogens (primary N) is 1. The molecule has 0 aromatic carbocycles. The van der Waals surface area contributed by atoms with Crippen molar-refractivity contribution < 1.29 is 9.90 Å². The Morgan fingerprint density at radius 1 is 1.80 bits per heavy atom. The van der Waals surface area contributed by atoms with Gasteiger partial charge in [0.2, 0.25) is 0 Å². The molecule has 0 aromatic heterocycles. The Kier molecular flexibility index (Phi) is 10.8. The molecule has 4 heteroatoms. The van der Waals surface area contributed by atoms with Gasteiger partial charge in [0.05, 0.1) is 0 Å². The van der Waals surface area contributed by atoms with E-state index in [9.17, 15) is 4.79 Å². The fraction of sp³-hybridized carbons (Fsp3) is 0.833. The lowest BCUT2D eigenvalue weighted by atomic mass is 10.4. The molecule has 0 bridgehead atoms. The van der Waals surface area contributed by atoms with Gasteiger partial charge in [0, 0.05) is 5.88 Å².